The zero-order valence-corrected chi connectivity index (χ0v) is 70.3. The molecule has 24 heteroatoms. The molecule has 4 fully saturated rings. The number of ether oxygens (including phenoxy) is 12. The first kappa shape index (κ1) is 49.5. The molecule has 8 aliphatic heterocycles. The minimum atomic E-state index is -3.77. The lowest BCUT2D eigenvalue weighted by atomic mass is 9.79. The monoisotopic (exact) mass is 1720 g/mol. The summed E-state index contributed by atoms with van der Waals surface area (Å²) < 4.78 is 443. The van der Waals surface area contributed by atoms with Crippen molar-refractivity contribution in [3.8, 4) is 46.0 Å². The fraction of sp³-hybridized carbons (Fsp3) is 0.708. The summed E-state index contributed by atoms with van der Waals surface area (Å²) in [6.07, 6.45) is -1.09. The number of methoxy groups -OCH3 is 8. The predicted molar refractivity (Wildman–Crippen MR) is 471 cm³/mol. The Kier molecular flexibility index (Phi) is 18.1. The number of fused-ring (bicyclic) bond motifs is 12. The second kappa shape index (κ2) is 43.9. The maximum Gasteiger partial charge on any atom is 0.323 e. The summed E-state index contributed by atoms with van der Waals surface area (Å²) in [4.78, 5) is 61.0. The Morgan fingerprint density at radius 2 is 0.533 bits per heavy atom. The van der Waals surface area contributed by atoms with Gasteiger partial charge >= 0.3 is 23.9 Å². The van der Waals surface area contributed by atoms with Crippen LogP contribution >= 0.6 is 0 Å². The molecule has 8 heterocycles. The van der Waals surface area contributed by atoms with E-state index in [1.165, 1.54) is 58.8 Å². The average Bonchev–Trinajstić information content (AvgIpc) is 0.705. The number of piperidine rings is 4. The van der Waals surface area contributed by atoms with Crippen molar-refractivity contribution in [3.63, 3.8) is 0 Å². The lowest BCUT2D eigenvalue weighted by Gasteiger charge is -2.47. The zero-order valence-electron chi connectivity index (χ0n) is 118. The average molecular weight is 1720 g/mol. The molecular formula is C96H152N8O16. The zero-order chi connectivity index (χ0) is 129. The molecule has 4 saturated heterocycles. The van der Waals surface area contributed by atoms with E-state index in [-0.39, 0.29) is 115 Å². The molecule has 672 valence electrons. The molecule has 4 aromatic rings. The van der Waals surface area contributed by atoms with Gasteiger partial charge in [0.2, 0.25) is 0 Å². The van der Waals surface area contributed by atoms with Crippen molar-refractivity contribution in [1.82, 2.24) is 19.6 Å². The molecule has 4 aromatic carbocycles. The lowest BCUT2D eigenvalue weighted by Crippen LogP contribution is -2.51. The fourth-order valence-electron chi connectivity index (χ4n) is 17.4. The van der Waals surface area contributed by atoms with Gasteiger partial charge in [0.1, 0.15) is 48.5 Å². The maximum atomic E-state index is 13.4. The van der Waals surface area contributed by atoms with Gasteiger partial charge in [0, 0.05) is 164 Å². The minimum absolute atomic E-state index is 0.0204. The molecule has 12 unspecified atom stereocenters. The summed E-state index contributed by atoms with van der Waals surface area (Å²) in [5.41, 5.74) is 27.4. The summed E-state index contributed by atoms with van der Waals surface area (Å²) >= 11 is 0. The van der Waals surface area contributed by atoms with E-state index in [2.05, 4.69) is 0 Å². The van der Waals surface area contributed by atoms with Crippen LogP contribution in [0, 0.1) is 70.9 Å². The third-order valence-electron chi connectivity index (χ3n) is 23.0. The highest BCUT2D eigenvalue weighted by Crippen LogP contribution is 2.50. The molecule has 16 atom stereocenters. The summed E-state index contributed by atoms with van der Waals surface area (Å²) in [7, 11) is -5.80. The number of esters is 4. The molecule has 24 nitrogen and oxygen atoms in total. The normalized spacial score (nSPS) is 35.9. The molecule has 0 bridgehead atoms. The van der Waals surface area contributed by atoms with Gasteiger partial charge in [-0.1, -0.05) is 110 Å². The number of carbonyl (C=O) groups excluding carboxylic acids is 4. The quantitative estimate of drug-likeness (QED) is 0.0303. The summed E-state index contributed by atoms with van der Waals surface area (Å²) in [6, 6.07) is -8.19. The first-order chi connectivity index (χ1) is 75.5. The van der Waals surface area contributed by atoms with Crippen molar-refractivity contribution in [1.29, 1.82) is 0 Å². The van der Waals surface area contributed by atoms with Crippen LogP contribution in [-0.2, 0) is 63.8 Å². The Bertz CT molecular complexity index is 6050. The molecule has 0 spiro atoms. The van der Waals surface area contributed by atoms with Crippen LogP contribution in [0.2, 0.25) is 0 Å². The molecule has 0 aliphatic carbocycles. The van der Waals surface area contributed by atoms with Gasteiger partial charge in [-0.2, -0.15) is 0 Å². The van der Waals surface area contributed by atoms with E-state index in [0.29, 0.717) is 129 Å². The first-order valence-corrected chi connectivity index (χ1v) is 40.2. The van der Waals surface area contributed by atoms with Crippen molar-refractivity contribution < 1.29 is 142 Å². The fourth-order valence-corrected chi connectivity index (χ4v) is 17.4. The molecule has 12 rings (SSSR count). The SMILES string of the molecule is [2H]C([2H])([2H])Oc1cc2c(cc1OC([2H])([2H])[2H])C1([2H])CC(OC(=O)[C@@]([2H])(N)C([2H])(C([2H])([2H])[2H])C([2H])([2H])[2H])C(CC(C)C)CN1CC2.[2H]C([2H])([2H])Oc1cc2c(cc1OC)C1([2H])CC(OC(=O)[C@@]([2H])(N)C([2H])(C([2H])([2H])[2H])C([2H])([2H])[2H])C(CC(C)C)CN1CC2.[2H]C([2H])([2H])Oc1cc2c(cc1OC)CCN1CC(CC(C)C)C(OC(=O)[C@@]([2H])(N)C([2H])(C([2H])([2H])[2H])C([2H])([2H])[2H])CC21[2H].[2H]C12CC(OC(=O)[C@@]([2H])(N)C([2H])(C([2H])([2H])[2H])C([2H])([2H])[2H])C(CC(C)C)CN1CCc1cc(OC)c(OC)cc12. The molecule has 120 heavy (non-hydrogen) atoms. The number of nitrogens with two attached hydrogens (primary N) is 4. The van der Waals surface area contributed by atoms with Crippen LogP contribution in [0.4, 0.5) is 0 Å². The van der Waals surface area contributed by atoms with Crippen molar-refractivity contribution in [3.05, 3.63) is 93.0 Å². The van der Waals surface area contributed by atoms with Crippen molar-refractivity contribution in [2.45, 2.75) is 260 Å². The number of benzene rings is 4. The highest BCUT2D eigenvalue weighted by atomic mass is 16.6. The van der Waals surface area contributed by atoms with Gasteiger partial charge < -0.3 is 79.8 Å². The molecule has 8 N–H and O–H groups in total. The molecular weight excluding hydrogens is 1520 g/mol. The molecule has 8 aliphatic rings. The van der Waals surface area contributed by atoms with Crippen LogP contribution in [0.1, 0.15) is 296 Å². The second-order valence-electron chi connectivity index (χ2n) is 32.9. The Morgan fingerprint density at radius 3 is 0.717 bits per heavy atom. The van der Waals surface area contributed by atoms with E-state index < -0.39 is 221 Å². The number of hydrogen-bond acceptors (Lipinski definition) is 24. The Labute approximate surface area is 786 Å². The van der Waals surface area contributed by atoms with Gasteiger partial charge in [-0.3, -0.25) is 38.8 Å². The molecule has 0 amide bonds. The van der Waals surface area contributed by atoms with Gasteiger partial charge in [0.15, 0.2) is 46.0 Å². The number of carbonyl (C=O) groups is 4. The molecule has 0 saturated carbocycles. The Morgan fingerprint density at radius 1 is 0.342 bits per heavy atom. The molecule has 0 aromatic heterocycles. The van der Waals surface area contributed by atoms with Crippen LogP contribution in [0.25, 0.3) is 0 Å². The van der Waals surface area contributed by atoms with Gasteiger partial charge in [-0.15, -0.1) is 0 Å². The topological polar surface area (TPSA) is 296 Å². The highest BCUT2D eigenvalue weighted by molar-refractivity contribution is 5.77. The largest absolute Gasteiger partial charge is 0.493 e. The van der Waals surface area contributed by atoms with E-state index in [9.17, 15) is 24.7 Å². The van der Waals surface area contributed by atoms with Crippen LogP contribution in [0.15, 0.2) is 48.5 Å². The van der Waals surface area contributed by atoms with Crippen molar-refractivity contribution in [2.24, 2.45) is 93.9 Å². The third-order valence-corrected chi connectivity index (χ3v) is 23.0. The molecule has 0 radical (unpaired) electrons. The van der Waals surface area contributed by atoms with E-state index in [1.807, 2.05) is 76.2 Å². The number of nitrogens with zero attached hydrogens (tertiary/aromatic N) is 4. The summed E-state index contributed by atoms with van der Waals surface area (Å²) in [5, 5.41) is 0. The van der Waals surface area contributed by atoms with Crippen LogP contribution in [0.5, 0.6) is 46.0 Å². The van der Waals surface area contributed by atoms with Gasteiger partial charge in [0.05, 0.1) is 84.0 Å². The smallest absolute Gasteiger partial charge is 0.323 e. The van der Waals surface area contributed by atoms with Gasteiger partial charge in [-0.05, 0) is 192 Å². The Hall–Kier alpha value is -7.16. The maximum absolute atomic E-state index is 13.4. The lowest BCUT2D eigenvalue weighted by molar-refractivity contribution is -0.161. The first-order valence-electron chi connectivity index (χ1n) is 64.2. The van der Waals surface area contributed by atoms with Gasteiger partial charge in [-0.25, -0.2) is 0 Å². The van der Waals surface area contributed by atoms with E-state index in [0.717, 1.165) is 5.56 Å². The van der Waals surface area contributed by atoms with Crippen LogP contribution < -0.4 is 60.8 Å². The minimum Gasteiger partial charge on any atom is -0.493 e. The summed E-state index contributed by atoms with van der Waals surface area (Å²) in [6.45, 7) is -10.9. The second-order valence-corrected chi connectivity index (χ2v) is 32.9. The number of rotatable bonds is 28. The third kappa shape index (κ3) is 23.8. The van der Waals surface area contributed by atoms with Crippen molar-refractivity contribution in [2.75, 3.05) is 109 Å². The highest BCUT2D eigenvalue weighted by Gasteiger charge is 2.47. The number of hydrogen-bond donors (Lipinski definition) is 4. The van der Waals surface area contributed by atoms with E-state index >= 15 is 0 Å². The van der Waals surface area contributed by atoms with Crippen LogP contribution in [-0.4, -0.2) is 201 Å². The van der Waals surface area contributed by atoms with Crippen molar-refractivity contribution >= 4 is 23.9 Å². The predicted octanol–water partition coefficient (Wildman–Crippen LogP) is 14.3. The van der Waals surface area contributed by atoms with Crippen LogP contribution in [0.3, 0.4) is 0 Å². The Balaban J connectivity index is 0.000000246. The van der Waals surface area contributed by atoms with E-state index in [1.54, 1.807) is 17.0 Å². The van der Waals surface area contributed by atoms with Gasteiger partial charge in [0.25, 0.3) is 0 Å². The standard InChI is InChI=1S/4C24H38N2O4/c4*1-14(2)9-17-13-26-8-7-16-10-21(28-5)22(29-6)11-18(16)19(26)12-20(17)30-24(27)23(25)15(3)4/h4*10-11,14-15,17,19-20,23H,7-9,12-13,25H2,1-6H3/t4*17?,19?,20?,23-/m0000/s1/i3D3,4D3,5D3,6D3,15D,19D,23D;3D3,4D3,6D3,15D,19D,23D;3D3,4D3,5D3,15D,19D,23D;3D3,4D3,15D,19D,23D. The summed E-state index contributed by atoms with van der Waals surface area (Å²) in [5.74, 6) is -22.5. The van der Waals surface area contributed by atoms with E-state index in [4.69, 9.17) is 140 Å².